The Labute approximate surface area is 132 Å². The lowest BCUT2D eigenvalue weighted by Gasteiger charge is -2.34. The van der Waals surface area contributed by atoms with Gasteiger partial charge in [-0.3, -0.25) is 9.69 Å². The summed E-state index contributed by atoms with van der Waals surface area (Å²) in [7, 11) is 0. The SMILES string of the molecule is CC.CC.CC(=O)N1CCN(CCCN2CCCC2)CC1. The normalized spacial score (nSPS) is 19.4. The molecule has 0 aromatic rings. The molecule has 4 heteroatoms. The van der Waals surface area contributed by atoms with E-state index in [0.717, 1.165) is 26.2 Å². The molecule has 2 aliphatic heterocycles. The maximum absolute atomic E-state index is 11.2. The predicted molar refractivity (Wildman–Crippen MR) is 91.7 cm³/mol. The van der Waals surface area contributed by atoms with Crippen molar-refractivity contribution in [3.8, 4) is 0 Å². The molecule has 0 unspecified atom stereocenters. The Kier molecular flexibility index (Phi) is 12.7. The van der Waals surface area contributed by atoms with Gasteiger partial charge in [-0.25, -0.2) is 0 Å². The number of amides is 1. The van der Waals surface area contributed by atoms with Gasteiger partial charge in [0.2, 0.25) is 5.91 Å². The van der Waals surface area contributed by atoms with E-state index >= 15 is 0 Å². The zero-order valence-electron chi connectivity index (χ0n) is 15.0. The van der Waals surface area contributed by atoms with Crippen molar-refractivity contribution in [2.75, 3.05) is 52.4 Å². The maximum atomic E-state index is 11.2. The summed E-state index contributed by atoms with van der Waals surface area (Å²) < 4.78 is 0. The second-order valence-electron chi connectivity index (χ2n) is 5.25. The minimum absolute atomic E-state index is 0.224. The largest absolute Gasteiger partial charge is 0.340 e. The van der Waals surface area contributed by atoms with Crippen LogP contribution in [0.5, 0.6) is 0 Å². The summed E-state index contributed by atoms with van der Waals surface area (Å²) in [6, 6.07) is 0. The number of likely N-dealkylation sites (tertiary alicyclic amines) is 1. The molecule has 0 saturated carbocycles. The fourth-order valence-electron chi connectivity index (χ4n) is 2.81. The van der Waals surface area contributed by atoms with Gasteiger partial charge in [-0.1, -0.05) is 27.7 Å². The third kappa shape index (κ3) is 8.42. The average Bonchev–Trinajstić information content (AvgIpc) is 3.05. The Balaban J connectivity index is 0.000000921. The first-order valence-corrected chi connectivity index (χ1v) is 8.96. The molecule has 0 aliphatic carbocycles. The standard InChI is InChI=1S/C13H25N3O.2C2H6/c1-13(17)16-11-9-15(10-12-16)8-4-7-14-5-2-3-6-14;2*1-2/h2-12H2,1H3;2*1-2H3. The number of carbonyl (C=O) groups excluding carboxylic acids is 1. The number of hydrogen-bond donors (Lipinski definition) is 0. The second-order valence-corrected chi connectivity index (χ2v) is 5.25. The van der Waals surface area contributed by atoms with Crippen LogP contribution in [0.2, 0.25) is 0 Å². The van der Waals surface area contributed by atoms with Gasteiger partial charge in [-0.2, -0.15) is 0 Å². The fourth-order valence-corrected chi connectivity index (χ4v) is 2.81. The highest BCUT2D eigenvalue weighted by Gasteiger charge is 2.18. The molecular formula is C17H37N3O. The van der Waals surface area contributed by atoms with Crippen molar-refractivity contribution in [1.29, 1.82) is 0 Å². The Morgan fingerprint density at radius 3 is 1.62 bits per heavy atom. The van der Waals surface area contributed by atoms with Gasteiger partial charge in [0.1, 0.15) is 0 Å². The zero-order valence-corrected chi connectivity index (χ0v) is 15.0. The van der Waals surface area contributed by atoms with E-state index < -0.39 is 0 Å². The summed E-state index contributed by atoms with van der Waals surface area (Å²) in [5, 5.41) is 0. The fraction of sp³-hybridized carbons (Fsp3) is 0.941. The van der Waals surface area contributed by atoms with Crippen molar-refractivity contribution in [3.63, 3.8) is 0 Å². The summed E-state index contributed by atoms with van der Waals surface area (Å²) in [6.45, 7) is 18.7. The van der Waals surface area contributed by atoms with Crippen molar-refractivity contribution < 1.29 is 4.79 Å². The van der Waals surface area contributed by atoms with E-state index in [0.29, 0.717) is 0 Å². The van der Waals surface area contributed by atoms with Gasteiger partial charge in [0, 0.05) is 33.1 Å². The monoisotopic (exact) mass is 299 g/mol. The van der Waals surface area contributed by atoms with Crippen molar-refractivity contribution in [2.24, 2.45) is 0 Å². The smallest absolute Gasteiger partial charge is 0.219 e. The highest BCUT2D eigenvalue weighted by molar-refractivity contribution is 5.73. The molecule has 2 fully saturated rings. The molecule has 0 aromatic heterocycles. The molecule has 0 bridgehead atoms. The molecule has 0 spiro atoms. The molecule has 2 heterocycles. The topological polar surface area (TPSA) is 26.8 Å². The van der Waals surface area contributed by atoms with E-state index in [9.17, 15) is 4.79 Å². The number of nitrogens with zero attached hydrogens (tertiary/aromatic N) is 3. The van der Waals surface area contributed by atoms with E-state index in [-0.39, 0.29) is 5.91 Å². The predicted octanol–water partition coefficient (Wildman–Crippen LogP) is 2.69. The molecule has 2 aliphatic rings. The van der Waals surface area contributed by atoms with Gasteiger partial charge >= 0.3 is 0 Å². The summed E-state index contributed by atoms with van der Waals surface area (Å²) in [5.74, 6) is 0.224. The third-order valence-corrected chi connectivity index (χ3v) is 3.96. The Morgan fingerprint density at radius 2 is 1.19 bits per heavy atom. The maximum Gasteiger partial charge on any atom is 0.219 e. The van der Waals surface area contributed by atoms with Crippen molar-refractivity contribution in [2.45, 2.75) is 53.9 Å². The summed E-state index contributed by atoms with van der Waals surface area (Å²) in [4.78, 5) is 18.2. The van der Waals surface area contributed by atoms with Crippen molar-refractivity contribution in [1.82, 2.24) is 14.7 Å². The van der Waals surface area contributed by atoms with Crippen molar-refractivity contribution in [3.05, 3.63) is 0 Å². The molecule has 2 rings (SSSR count). The Bertz CT molecular complexity index is 244. The molecule has 0 N–H and O–H groups in total. The second kappa shape index (κ2) is 13.1. The summed E-state index contributed by atoms with van der Waals surface area (Å²) in [5.41, 5.74) is 0. The van der Waals surface area contributed by atoms with Crippen LogP contribution < -0.4 is 0 Å². The van der Waals surface area contributed by atoms with Crippen molar-refractivity contribution >= 4 is 5.91 Å². The number of piperazine rings is 1. The molecule has 0 atom stereocenters. The summed E-state index contributed by atoms with van der Waals surface area (Å²) >= 11 is 0. The molecule has 4 nitrogen and oxygen atoms in total. The highest BCUT2D eigenvalue weighted by Crippen LogP contribution is 2.08. The molecule has 0 radical (unpaired) electrons. The van der Waals surface area contributed by atoms with Crippen LogP contribution >= 0.6 is 0 Å². The van der Waals surface area contributed by atoms with E-state index in [4.69, 9.17) is 0 Å². The Morgan fingerprint density at radius 1 is 0.762 bits per heavy atom. The van der Waals surface area contributed by atoms with Crippen LogP contribution in [0.4, 0.5) is 0 Å². The molecular weight excluding hydrogens is 262 g/mol. The van der Waals surface area contributed by atoms with Gasteiger partial charge in [0.05, 0.1) is 0 Å². The van der Waals surface area contributed by atoms with Gasteiger partial charge in [-0.15, -0.1) is 0 Å². The minimum atomic E-state index is 0.224. The van der Waals surface area contributed by atoms with E-state index in [1.165, 1.54) is 45.4 Å². The van der Waals surface area contributed by atoms with Crippen LogP contribution in [0, 0.1) is 0 Å². The van der Waals surface area contributed by atoms with Gasteiger partial charge in [0.15, 0.2) is 0 Å². The summed E-state index contributed by atoms with van der Waals surface area (Å²) in [6.07, 6.45) is 4.05. The van der Waals surface area contributed by atoms with Gasteiger partial charge in [0.25, 0.3) is 0 Å². The van der Waals surface area contributed by atoms with E-state index in [2.05, 4.69) is 9.80 Å². The zero-order chi connectivity index (χ0) is 16.1. The molecule has 2 saturated heterocycles. The Hall–Kier alpha value is -0.610. The first-order chi connectivity index (χ1) is 10.3. The molecule has 1 amide bonds. The minimum Gasteiger partial charge on any atom is -0.340 e. The highest BCUT2D eigenvalue weighted by atomic mass is 16.2. The van der Waals surface area contributed by atoms with Crippen LogP contribution in [0.15, 0.2) is 0 Å². The van der Waals surface area contributed by atoms with Crippen LogP contribution in [-0.4, -0.2) is 73.0 Å². The van der Waals surface area contributed by atoms with Crippen LogP contribution in [0.1, 0.15) is 53.9 Å². The lowest BCUT2D eigenvalue weighted by molar-refractivity contribution is -0.130. The van der Waals surface area contributed by atoms with Crippen LogP contribution in [0.25, 0.3) is 0 Å². The quantitative estimate of drug-likeness (QED) is 0.798. The molecule has 21 heavy (non-hydrogen) atoms. The number of rotatable bonds is 4. The van der Waals surface area contributed by atoms with Crippen LogP contribution in [-0.2, 0) is 4.79 Å². The third-order valence-electron chi connectivity index (χ3n) is 3.96. The molecule has 0 aromatic carbocycles. The lowest BCUT2D eigenvalue weighted by atomic mass is 10.3. The number of hydrogen-bond acceptors (Lipinski definition) is 3. The van der Waals surface area contributed by atoms with E-state index in [1.807, 2.05) is 32.6 Å². The van der Waals surface area contributed by atoms with Crippen LogP contribution in [0.3, 0.4) is 0 Å². The molecule has 126 valence electrons. The van der Waals surface area contributed by atoms with Gasteiger partial charge < -0.3 is 9.80 Å². The lowest BCUT2D eigenvalue weighted by Crippen LogP contribution is -2.48. The first-order valence-electron chi connectivity index (χ1n) is 8.96. The number of carbonyl (C=O) groups is 1. The van der Waals surface area contributed by atoms with Gasteiger partial charge in [-0.05, 0) is 45.4 Å². The average molecular weight is 300 g/mol. The first kappa shape index (κ1) is 20.4. The van der Waals surface area contributed by atoms with E-state index in [1.54, 1.807) is 6.92 Å².